The van der Waals surface area contributed by atoms with E-state index in [4.69, 9.17) is 22.9 Å². The van der Waals surface area contributed by atoms with Gasteiger partial charge in [-0.2, -0.15) is 0 Å². The van der Waals surface area contributed by atoms with Gasteiger partial charge in [-0.15, -0.1) is 0 Å². The summed E-state index contributed by atoms with van der Waals surface area (Å²) in [5, 5.41) is 52.2. The molecule has 0 saturated carbocycles. The zero-order valence-electron chi connectivity index (χ0n) is 53.8. The van der Waals surface area contributed by atoms with E-state index in [1.807, 2.05) is 0 Å². The number of amides is 14. The van der Waals surface area contributed by atoms with Crippen LogP contribution in [0, 0.1) is 11.8 Å². The minimum absolute atomic E-state index is 0.00443. The number of phenols is 1. The number of carbonyl (C=O) groups is 14. The molecule has 0 spiro atoms. The van der Waals surface area contributed by atoms with Gasteiger partial charge in [0.2, 0.25) is 82.7 Å². The number of aliphatic hydroxyl groups excluding tert-OH is 1. The maximum Gasteiger partial charge on any atom is 0.245 e. The van der Waals surface area contributed by atoms with Crippen molar-refractivity contribution in [2.75, 3.05) is 55.7 Å². The second-order valence-corrected chi connectivity index (χ2v) is 29.2. The third kappa shape index (κ3) is 26.0. The van der Waals surface area contributed by atoms with E-state index in [1.54, 1.807) is 27.7 Å². The number of primary amides is 1. The predicted octanol–water partition coefficient (Wildman–Crippen LogP) is -6.07. The number of hydrogen-bond acceptors (Lipinski definition) is 22. The standard InChI is InChI=1S/C58H90N18O16S4/c1-28(2)18-36-51(86)73-40-26-96-94-25-39(49(84)65-21-44(80)67-37(19-30-10-12-31(77)13-11-30)52(87)68-33(50(85)70-36)8-5-6-16-59)72-54(89)41(74-56(91)46(29(3)4)75-45(81)22-64-48(83)34-14-15-43(79)66-34)27-95-93-24-38(47(60)82)71-55(90)42-20-32(78)23-76(42)57(92)35(69-53(40)88)9-7-17-63-58(61)62/h10-13,28-29,32-42,46,77-78H,5-9,14-27,59H2,1-4H3,(H2,60,82)(H,64,83)(H,65,84)(H,66,79)(H,67,80)(H,68,87)(H,69,88)(H,70,85)(H,71,90)(H,72,89)(H,73,86)(H,74,91)(H,75,81)(H4,61,62,63)/t32-,33+,34+,35+,36+,37+,38+,39+,40+,41+,42+,46+/m1/s1. The van der Waals surface area contributed by atoms with E-state index >= 15 is 0 Å². The quantitative estimate of drug-likeness (QED) is 0.0250. The van der Waals surface area contributed by atoms with Gasteiger partial charge in [-0.1, -0.05) is 83.0 Å². The number of guanidine groups is 1. The van der Waals surface area contributed by atoms with E-state index in [-0.39, 0.29) is 111 Å². The Hall–Kier alpha value is -7.81. The zero-order valence-corrected chi connectivity index (χ0v) is 57.0. The lowest BCUT2D eigenvalue weighted by molar-refractivity contribution is -0.142. The number of aromatic hydroxyl groups is 1. The van der Waals surface area contributed by atoms with Crippen molar-refractivity contribution in [3.63, 3.8) is 0 Å². The summed E-state index contributed by atoms with van der Waals surface area (Å²) >= 11 is 0. The maximum atomic E-state index is 14.9. The highest BCUT2D eigenvalue weighted by atomic mass is 33.1. The van der Waals surface area contributed by atoms with Gasteiger partial charge < -0.3 is 102 Å². The summed E-state index contributed by atoms with van der Waals surface area (Å²) in [6.45, 7) is 5.06. The molecule has 4 saturated heterocycles. The van der Waals surface area contributed by atoms with Crippen LogP contribution in [0.3, 0.4) is 0 Å². The van der Waals surface area contributed by atoms with Crippen LogP contribution in [-0.2, 0) is 73.5 Å². The summed E-state index contributed by atoms with van der Waals surface area (Å²) in [5.74, 6) is -14.7. The minimum Gasteiger partial charge on any atom is -0.508 e. The molecule has 4 heterocycles. The van der Waals surface area contributed by atoms with Gasteiger partial charge in [0.15, 0.2) is 5.96 Å². The van der Waals surface area contributed by atoms with E-state index in [9.17, 15) is 77.3 Å². The Bertz CT molecular complexity index is 2990. The Kier molecular flexibility index (Phi) is 32.4. The summed E-state index contributed by atoms with van der Waals surface area (Å²) in [6.07, 6.45) is -0.900. The molecule has 1 aromatic rings. The first kappa shape index (κ1) is 78.9. The third-order valence-electron chi connectivity index (χ3n) is 15.5. The first-order valence-electron chi connectivity index (χ1n) is 31.4. The number of rotatable bonds is 20. The average molecular weight is 1420 g/mol. The van der Waals surface area contributed by atoms with Crippen molar-refractivity contribution in [3.8, 4) is 5.75 Å². The number of benzene rings is 1. The van der Waals surface area contributed by atoms with Crippen molar-refractivity contribution in [1.29, 1.82) is 0 Å². The van der Waals surface area contributed by atoms with Crippen molar-refractivity contribution in [2.24, 2.45) is 39.8 Å². The smallest absolute Gasteiger partial charge is 0.245 e. The van der Waals surface area contributed by atoms with Gasteiger partial charge in [0, 0.05) is 55.4 Å². The zero-order chi connectivity index (χ0) is 70.8. The van der Waals surface area contributed by atoms with Crippen molar-refractivity contribution in [2.45, 2.75) is 164 Å². The van der Waals surface area contributed by atoms with Crippen LogP contribution < -0.4 is 86.7 Å². The van der Waals surface area contributed by atoms with Crippen LogP contribution in [0.4, 0.5) is 0 Å². The fraction of sp³-hybridized carbons (Fsp3) is 0.638. The molecule has 12 atom stereocenters. The molecule has 5 rings (SSSR count). The highest BCUT2D eigenvalue weighted by Gasteiger charge is 2.44. The first-order valence-corrected chi connectivity index (χ1v) is 36.4. The van der Waals surface area contributed by atoms with E-state index in [2.05, 4.69) is 68.8 Å². The number of nitrogens with one attached hydrogen (secondary N) is 12. The average Bonchev–Trinajstić information content (AvgIpc) is 1.65. The Morgan fingerprint density at radius 1 is 0.667 bits per heavy atom. The molecule has 4 aliphatic rings. The topological polar surface area (TPSA) is 543 Å². The summed E-state index contributed by atoms with van der Waals surface area (Å²) in [6, 6.07) is -9.92. The van der Waals surface area contributed by atoms with Gasteiger partial charge in [-0.25, -0.2) is 0 Å². The predicted molar refractivity (Wildman–Crippen MR) is 359 cm³/mol. The molecule has 14 amide bonds. The molecule has 2 bridgehead atoms. The van der Waals surface area contributed by atoms with Crippen LogP contribution in [0.1, 0.15) is 91.0 Å². The van der Waals surface area contributed by atoms with Crippen molar-refractivity contribution in [1.82, 2.24) is 68.7 Å². The Labute approximate surface area is 570 Å². The summed E-state index contributed by atoms with van der Waals surface area (Å²) in [4.78, 5) is 201. The minimum atomic E-state index is -1.61. The number of nitrogens with zero attached hydrogens (tertiary/aromatic N) is 2. The second kappa shape index (κ2) is 39.4. The van der Waals surface area contributed by atoms with Crippen LogP contribution in [0.5, 0.6) is 5.75 Å². The lowest BCUT2D eigenvalue weighted by Gasteiger charge is -2.31. The van der Waals surface area contributed by atoms with Crippen LogP contribution in [0.25, 0.3) is 0 Å². The number of hydrogen-bond donors (Lipinski definition) is 18. The van der Waals surface area contributed by atoms with Gasteiger partial charge in [0.05, 0.1) is 19.2 Å². The molecule has 0 aromatic heterocycles. The van der Waals surface area contributed by atoms with Gasteiger partial charge in [-0.05, 0) is 81.0 Å². The van der Waals surface area contributed by atoms with Crippen molar-refractivity contribution in [3.05, 3.63) is 29.8 Å². The van der Waals surface area contributed by atoms with Crippen molar-refractivity contribution < 1.29 is 77.3 Å². The van der Waals surface area contributed by atoms with E-state index < -0.39 is 175 Å². The number of carbonyl (C=O) groups excluding carboxylic acids is 14. The molecule has 4 aliphatic heterocycles. The largest absolute Gasteiger partial charge is 0.508 e. The van der Waals surface area contributed by atoms with Crippen LogP contribution in [0.15, 0.2) is 29.3 Å². The maximum absolute atomic E-state index is 14.9. The lowest BCUT2D eigenvalue weighted by Crippen LogP contribution is -2.61. The molecule has 1 aromatic carbocycles. The van der Waals surface area contributed by atoms with Gasteiger partial charge >= 0.3 is 0 Å². The number of fused-ring (bicyclic) bond motifs is 6. The molecule has 532 valence electrons. The Balaban J connectivity index is 1.61. The van der Waals surface area contributed by atoms with E-state index in [0.29, 0.717) is 18.4 Å². The number of nitrogens with two attached hydrogens (primary N) is 4. The molecule has 38 heteroatoms. The fourth-order valence-corrected chi connectivity index (χ4v) is 15.0. The summed E-state index contributed by atoms with van der Waals surface area (Å²) in [7, 11) is 3.62. The molecule has 4 fully saturated rings. The number of aliphatic hydroxyl groups is 1. The molecule has 96 heavy (non-hydrogen) atoms. The summed E-state index contributed by atoms with van der Waals surface area (Å²) < 4.78 is 0. The molecular formula is C58H90N18O16S4. The van der Waals surface area contributed by atoms with Crippen molar-refractivity contribution >= 4 is 132 Å². The van der Waals surface area contributed by atoms with Gasteiger partial charge in [0.25, 0.3) is 0 Å². The molecule has 34 nitrogen and oxygen atoms in total. The van der Waals surface area contributed by atoms with Crippen LogP contribution in [0.2, 0.25) is 0 Å². The molecule has 22 N–H and O–H groups in total. The van der Waals surface area contributed by atoms with Crippen LogP contribution >= 0.6 is 43.2 Å². The Morgan fingerprint density at radius 2 is 1.28 bits per heavy atom. The van der Waals surface area contributed by atoms with Gasteiger partial charge in [0.1, 0.15) is 72.2 Å². The number of phenolic OH excluding ortho intramolecular Hbond substituents is 1. The lowest BCUT2D eigenvalue weighted by atomic mass is 10.0. The highest BCUT2D eigenvalue weighted by Crippen LogP contribution is 2.27. The second-order valence-electron chi connectivity index (χ2n) is 24.1. The van der Waals surface area contributed by atoms with Crippen LogP contribution in [-0.4, -0.2) is 232 Å². The van der Waals surface area contributed by atoms with E-state index in [1.165, 1.54) is 24.3 Å². The third-order valence-corrected chi connectivity index (χ3v) is 20.3. The SMILES string of the molecule is CC(C)C[C@@H]1NC(=O)[C@H](CCCCN)NC(=O)[C@H](Cc2ccc(O)cc2)NC(=O)CNC(=O)[C@@H]2CSSC[C@H](NC1=O)C(=O)N[C@@H](CCCN=C(N)N)C(=O)N1C[C@H](O)C[C@H]1C(=O)N[C@H](C(N)=O)CSSC[C@H](NC(=O)[C@@H](NC(=O)CNC(=O)[C@@H]1CCC(=O)N1)C(C)C)C(=O)N2. The normalized spacial score (nSPS) is 26.2. The molecule has 0 unspecified atom stereocenters. The number of aliphatic imine (C=N–C) groups is 1. The summed E-state index contributed by atoms with van der Waals surface area (Å²) in [5.41, 5.74) is 23.2. The fourth-order valence-electron chi connectivity index (χ4n) is 10.3. The molecular weight excluding hydrogens is 1330 g/mol. The monoisotopic (exact) mass is 1420 g/mol. The van der Waals surface area contributed by atoms with E-state index in [0.717, 1.165) is 48.1 Å². The number of unbranched alkanes of at least 4 members (excludes halogenated alkanes) is 1. The Morgan fingerprint density at radius 3 is 1.92 bits per heavy atom. The molecule has 0 aliphatic carbocycles. The van der Waals surface area contributed by atoms with Gasteiger partial charge in [-0.3, -0.25) is 72.1 Å². The highest BCUT2D eigenvalue weighted by molar-refractivity contribution is 8.77. The molecule has 0 radical (unpaired) electrons. The first-order chi connectivity index (χ1) is 45.5.